The van der Waals surface area contributed by atoms with Crippen molar-refractivity contribution in [2.24, 2.45) is 11.8 Å². The normalized spacial score (nSPS) is 27.2. The number of para-hydroxylation sites is 1. The average Bonchev–Trinajstić information content (AvgIpc) is 3.59. The number of alkyl halides is 1. The maximum absolute atomic E-state index is 14.8. The van der Waals surface area contributed by atoms with Gasteiger partial charge in [-0.3, -0.25) is 19.2 Å². The molecule has 3 fully saturated rings. The molecule has 10 nitrogen and oxygen atoms in total. The van der Waals surface area contributed by atoms with Crippen molar-refractivity contribution in [3.63, 3.8) is 0 Å². The van der Waals surface area contributed by atoms with Gasteiger partial charge in [0.2, 0.25) is 11.8 Å². The van der Waals surface area contributed by atoms with Crippen molar-refractivity contribution in [2.75, 3.05) is 31.1 Å². The Morgan fingerprint density at radius 3 is 2.58 bits per heavy atom. The Balaban J connectivity index is 1.66. The van der Waals surface area contributed by atoms with Gasteiger partial charge in [0.25, 0.3) is 5.91 Å². The second kappa shape index (κ2) is 15.0. The molecule has 1 aromatic carbocycles. The first-order valence-corrected chi connectivity index (χ1v) is 16.7. The van der Waals surface area contributed by atoms with Gasteiger partial charge in [-0.2, -0.15) is 0 Å². The van der Waals surface area contributed by atoms with Gasteiger partial charge < -0.3 is 29.7 Å². The Kier molecular flexibility index (Phi) is 11.7. The lowest BCUT2D eigenvalue weighted by molar-refractivity contribution is -0.159. The van der Waals surface area contributed by atoms with E-state index in [2.05, 4.69) is 34.4 Å². The Labute approximate surface area is 274 Å². The van der Waals surface area contributed by atoms with Crippen molar-refractivity contribution in [3.8, 4) is 0 Å². The number of esters is 1. The van der Waals surface area contributed by atoms with Crippen LogP contribution < -0.4 is 10.2 Å². The summed E-state index contributed by atoms with van der Waals surface area (Å²) in [5.74, 6) is -3.14. The summed E-state index contributed by atoms with van der Waals surface area (Å²) in [4.78, 5) is 58.0. The van der Waals surface area contributed by atoms with E-state index in [9.17, 15) is 24.3 Å². The van der Waals surface area contributed by atoms with Gasteiger partial charge in [-0.15, -0.1) is 13.2 Å². The summed E-state index contributed by atoms with van der Waals surface area (Å²) < 4.78 is 12.4. The van der Waals surface area contributed by atoms with E-state index < -0.39 is 41.7 Å². The molecular weight excluding hydrogens is 642 g/mol. The Morgan fingerprint density at radius 2 is 1.93 bits per heavy atom. The third kappa shape index (κ3) is 6.90. The summed E-state index contributed by atoms with van der Waals surface area (Å²) in [6.07, 6.45) is 5.11. The number of amides is 3. The van der Waals surface area contributed by atoms with Crippen LogP contribution in [0.2, 0.25) is 0 Å². The number of aliphatic hydroxyl groups excluding tert-OH is 1. The topological polar surface area (TPSA) is 125 Å². The fourth-order valence-corrected chi connectivity index (χ4v) is 8.13. The molecule has 1 unspecified atom stereocenters. The first-order chi connectivity index (χ1) is 21.5. The summed E-state index contributed by atoms with van der Waals surface area (Å²) in [5, 5.41) is 12.1. The zero-order chi connectivity index (χ0) is 32.9. The Morgan fingerprint density at radius 1 is 1.22 bits per heavy atom. The lowest BCUT2D eigenvalue weighted by atomic mass is 9.70. The van der Waals surface area contributed by atoms with Gasteiger partial charge in [0.1, 0.15) is 17.7 Å². The lowest BCUT2D eigenvalue weighted by Gasteiger charge is -2.38. The Hall–Kier alpha value is -3.02. The highest BCUT2D eigenvalue weighted by Gasteiger charge is 2.77. The molecule has 1 spiro atoms. The standard InChI is InChI=1S/C34H46BrN3O7/c1-6-8-15-25(40)36-20-23(5)44-33(43)26-27-31(41)38(17-10-9-11-18-39)30(34(27)19-24(35)29(26)45-34)32(42)37(16-7-2)28-21(3)13-12-14-22(28)4/h6-7,12-14,23-24,26-27,29-30,39H,1-2,8-11,15-20H2,3-5H3,(H,36,40)/t23-,24?,26-,27+,29-,30-,34+/m1/s1. The van der Waals surface area contributed by atoms with Gasteiger partial charge in [0.05, 0.1) is 24.5 Å². The number of carbonyl (C=O) groups is 4. The van der Waals surface area contributed by atoms with Crippen LogP contribution in [0.1, 0.15) is 56.6 Å². The number of fused-ring (bicyclic) bond motifs is 1. The second-order valence-corrected chi connectivity index (χ2v) is 13.5. The number of allylic oxidation sites excluding steroid dienone is 1. The molecule has 2 bridgehead atoms. The molecule has 0 radical (unpaired) electrons. The van der Waals surface area contributed by atoms with Crippen molar-refractivity contribution >= 4 is 45.3 Å². The second-order valence-electron chi connectivity index (χ2n) is 12.3. The van der Waals surface area contributed by atoms with Gasteiger partial charge in [0, 0.05) is 36.6 Å². The van der Waals surface area contributed by atoms with Crippen LogP contribution >= 0.6 is 15.9 Å². The number of hydrogen-bond acceptors (Lipinski definition) is 7. The molecule has 4 rings (SSSR count). The summed E-state index contributed by atoms with van der Waals surface area (Å²) in [5.41, 5.74) is 1.37. The summed E-state index contributed by atoms with van der Waals surface area (Å²) >= 11 is 3.70. The summed E-state index contributed by atoms with van der Waals surface area (Å²) in [6, 6.07) is 4.86. The van der Waals surface area contributed by atoms with Crippen molar-refractivity contribution < 1.29 is 33.8 Å². The zero-order valence-corrected chi connectivity index (χ0v) is 28.1. The minimum absolute atomic E-state index is 0.0411. The third-order valence-corrected chi connectivity index (χ3v) is 9.96. The van der Waals surface area contributed by atoms with Crippen molar-refractivity contribution in [2.45, 2.75) is 88.0 Å². The number of unbranched alkanes of at least 4 members (excludes halogenated alkanes) is 2. The van der Waals surface area contributed by atoms with Crippen LogP contribution in [-0.2, 0) is 28.7 Å². The average molecular weight is 689 g/mol. The molecule has 0 aliphatic carbocycles. The van der Waals surface area contributed by atoms with Crippen LogP contribution in [0.5, 0.6) is 0 Å². The molecule has 246 valence electrons. The summed E-state index contributed by atoms with van der Waals surface area (Å²) in [7, 11) is 0. The number of likely N-dealkylation sites (tertiary alicyclic amines) is 1. The summed E-state index contributed by atoms with van der Waals surface area (Å²) in [6.45, 7) is 13.8. The largest absolute Gasteiger partial charge is 0.460 e. The maximum Gasteiger partial charge on any atom is 0.312 e. The highest BCUT2D eigenvalue weighted by molar-refractivity contribution is 9.09. The number of carbonyl (C=O) groups excluding carboxylic acids is 4. The van der Waals surface area contributed by atoms with E-state index in [-0.39, 0.29) is 48.8 Å². The fraction of sp³-hybridized carbons (Fsp3) is 0.588. The van der Waals surface area contributed by atoms with Gasteiger partial charge >= 0.3 is 5.97 Å². The first kappa shape index (κ1) is 34.8. The molecule has 1 aromatic rings. The lowest BCUT2D eigenvalue weighted by Crippen LogP contribution is -2.57. The van der Waals surface area contributed by atoms with E-state index in [1.165, 1.54) is 0 Å². The van der Waals surface area contributed by atoms with Gasteiger partial charge in [-0.25, -0.2) is 0 Å². The number of aliphatic hydroxyl groups is 1. The molecular formula is C34H46BrN3O7. The number of nitrogens with one attached hydrogen (secondary N) is 1. The number of hydrogen-bond donors (Lipinski definition) is 2. The van der Waals surface area contributed by atoms with Crippen LogP contribution in [-0.4, -0.2) is 88.6 Å². The maximum atomic E-state index is 14.8. The van der Waals surface area contributed by atoms with E-state index in [1.54, 1.807) is 28.9 Å². The van der Waals surface area contributed by atoms with Gasteiger partial charge in [-0.1, -0.05) is 46.3 Å². The molecule has 3 saturated heterocycles. The van der Waals surface area contributed by atoms with E-state index in [1.807, 2.05) is 32.0 Å². The van der Waals surface area contributed by atoms with E-state index in [0.717, 1.165) is 16.8 Å². The first-order valence-electron chi connectivity index (χ1n) is 15.8. The van der Waals surface area contributed by atoms with Crippen LogP contribution in [0.15, 0.2) is 43.5 Å². The SMILES string of the molecule is C=CCCC(=O)NC[C@@H](C)OC(=O)[C@H]1[C@@H]2O[C@@]3(CC2Br)[C@@H]1C(=O)N(CCCCCO)[C@@H]3C(=O)N(CC=C)c1c(C)cccc1C. The quantitative estimate of drug-likeness (QED) is 0.117. The molecule has 45 heavy (non-hydrogen) atoms. The molecule has 3 aliphatic rings. The molecule has 2 N–H and O–H groups in total. The molecule has 7 atom stereocenters. The molecule has 3 heterocycles. The predicted octanol–water partition coefficient (Wildman–Crippen LogP) is 3.75. The number of ether oxygens (including phenoxy) is 2. The van der Waals surface area contributed by atoms with Crippen molar-refractivity contribution in [1.82, 2.24) is 10.2 Å². The van der Waals surface area contributed by atoms with E-state index in [0.29, 0.717) is 38.5 Å². The molecule has 0 saturated carbocycles. The predicted molar refractivity (Wildman–Crippen MR) is 175 cm³/mol. The van der Waals surface area contributed by atoms with E-state index >= 15 is 0 Å². The number of halogens is 1. The Bertz CT molecular complexity index is 1280. The van der Waals surface area contributed by atoms with Crippen molar-refractivity contribution in [1.29, 1.82) is 0 Å². The molecule has 11 heteroatoms. The molecule has 3 aliphatic heterocycles. The third-order valence-electron chi connectivity index (χ3n) is 9.12. The number of anilines is 1. The molecule has 3 amide bonds. The van der Waals surface area contributed by atoms with Crippen LogP contribution in [0, 0.1) is 25.7 Å². The van der Waals surface area contributed by atoms with Gasteiger partial charge in [0.15, 0.2) is 0 Å². The monoisotopic (exact) mass is 687 g/mol. The molecule has 0 aromatic heterocycles. The minimum Gasteiger partial charge on any atom is -0.460 e. The number of rotatable bonds is 16. The van der Waals surface area contributed by atoms with E-state index in [4.69, 9.17) is 9.47 Å². The van der Waals surface area contributed by atoms with Crippen LogP contribution in [0.3, 0.4) is 0 Å². The fourth-order valence-electron chi connectivity index (χ4n) is 7.19. The minimum atomic E-state index is -1.23. The van der Waals surface area contributed by atoms with Crippen LogP contribution in [0.25, 0.3) is 0 Å². The zero-order valence-electron chi connectivity index (χ0n) is 26.5. The number of benzene rings is 1. The highest BCUT2D eigenvalue weighted by atomic mass is 79.9. The smallest absolute Gasteiger partial charge is 0.312 e. The number of aryl methyl sites for hydroxylation is 2. The van der Waals surface area contributed by atoms with Gasteiger partial charge in [-0.05, 0) is 64.0 Å². The van der Waals surface area contributed by atoms with Crippen molar-refractivity contribution in [3.05, 3.63) is 54.6 Å². The highest BCUT2D eigenvalue weighted by Crippen LogP contribution is 2.60. The van der Waals surface area contributed by atoms with Crippen LogP contribution in [0.4, 0.5) is 5.69 Å². The number of nitrogens with zero attached hydrogens (tertiary/aromatic N) is 2.